The molecule has 1 aromatic carbocycles. The Kier molecular flexibility index (Phi) is 10.2. The highest BCUT2D eigenvalue weighted by Gasteiger charge is 2.33. The first-order valence-corrected chi connectivity index (χ1v) is 20.2. The zero-order chi connectivity index (χ0) is 39.8. The van der Waals surface area contributed by atoms with Crippen LogP contribution < -0.4 is 20.4 Å². The van der Waals surface area contributed by atoms with E-state index in [9.17, 15) is 19.2 Å². The first-order valence-electron chi connectivity index (χ1n) is 20.2. The number of nitrogens with zero attached hydrogens (tertiary/aromatic N) is 9. The second kappa shape index (κ2) is 15.9. The second-order valence-corrected chi connectivity index (χ2v) is 15.7. The number of aromatic nitrogens is 6. The van der Waals surface area contributed by atoms with E-state index in [2.05, 4.69) is 43.0 Å². The molecule has 4 aliphatic heterocycles. The van der Waals surface area contributed by atoms with Crippen molar-refractivity contribution in [3.8, 4) is 0 Å². The Labute approximate surface area is 333 Å². The number of fused-ring (bicyclic) bond motifs is 2. The molecule has 58 heavy (non-hydrogen) atoms. The molecule has 4 fully saturated rings. The topological polar surface area (TPSA) is 163 Å². The minimum absolute atomic E-state index is 0.108. The fraction of sp³-hybridized carbons (Fsp3) is 0.429. The lowest BCUT2D eigenvalue weighted by Gasteiger charge is -2.37. The van der Waals surface area contributed by atoms with Crippen LogP contribution in [0, 0.1) is 11.9 Å². The molecule has 4 saturated heterocycles. The monoisotopic (exact) mass is 785 g/mol. The van der Waals surface area contributed by atoms with Crippen molar-refractivity contribution >= 4 is 57.4 Å². The Bertz CT molecular complexity index is 2480. The van der Waals surface area contributed by atoms with E-state index in [1.54, 1.807) is 40.8 Å². The summed E-state index contributed by atoms with van der Waals surface area (Å²) in [5.41, 5.74) is 4.15. The highest BCUT2D eigenvalue weighted by Crippen LogP contribution is 2.37. The SMILES string of the molecule is O=C=C1CCC(c2ccc(N3CCC(C(=O)N4CCC(n5cc6cc(NC(=O)c7cccn8cnnc78)c(N7CCCCC7)cc6n5)CC4)CC3)nc2F)C(=C=O)N1. The van der Waals surface area contributed by atoms with Crippen molar-refractivity contribution in [2.24, 2.45) is 5.92 Å². The van der Waals surface area contributed by atoms with E-state index < -0.39 is 11.9 Å². The summed E-state index contributed by atoms with van der Waals surface area (Å²) >= 11 is 0. The molecule has 5 aromatic rings. The molecule has 0 spiro atoms. The number of amides is 2. The quantitative estimate of drug-likeness (QED) is 0.172. The van der Waals surface area contributed by atoms with Gasteiger partial charge in [-0.3, -0.25) is 18.7 Å². The number of allylic oxidation sites excluding steroid dienone is 2. The van der Waals surface area contributed by atoms with Crippen LogP contribution >= 0.6 is 0 Å². The summed E-state index contributed by atoms with van der Waals surface area (Å²) in [5.74, 6) is 2.65. The Morgan fingerprint density at radius 2 is 1.71 bits per heavy atom. The summed E-state index contributed by atoms with van der Waals surface area (Å²) in [6.45, 7) is 4.25. The third kappa shape index (κ3) is 7.21. The number of rotatable bonds is 7. The van der Waals surface area contributed by atoms with Gasteiger partial charge in [0.05, 0.1) is 28.5 Å². The molecule has 2 amide bonds. The maximum Gasteiger partial charge on any atom is 0.259 e. The van der Waals surface area contributed by atoms with E-state index in [1.807, 2.05) is 32.8 Å². The zero-order valence-electron chi connectivity index (χ0n) is 32.1. The lowest BCUT2D eigenvalue weighted by atomic mass is 9.88. The van der Waals surface area contributed by atoms with Crippen molar-refractivity contribution in [1.82, 2.24) is 39.6 Å². The van der Waals surface area contributed by atoms with Crippen LogP contribution in [0.1, 0.15) is 85.7 Å². The third-order valence-electron chi connectivity index (χ3n) is 12.3. The van der Waals surface area contributed by atoms with E-state index in [4.69, 9.17) is 5.10 Å². The molecule has 4 aliphatic rings. The number of nitrogens with one attached hydrogen (secondary N) is 2. The molecule has 16 heteroatoms. The molecule has 0 bridgehead atoms. The smallest absolute Gasteiger partial charge is 0.259 e. The van der Waals surface area contributed by atoms with Gasteiger partial charge in [0, 0.05) is 74.4 Å². The molecule has 0 radical (unpaired) electrons. The minimum Gasteiger partial charge on any atom is -0.370 e. The van der Waals surface area contributed by atoms with Crippen LogP contribution in [0.15, 0.2) is 66.5 Å². The Morgan fingerprint density at radius 3 is 2.47 bits per heavy atom. The molecule has 9 rings (SSSR count). The molecule has 15 nitrogen and oxygen atoms in total. The molecule has 8 heterocycles. The van der Waals surface area contributed by atoms with Crippen LogP contribution in [-0.4, -0.2) is 97.2 Å². The number of anilines is 3. The minimum atomic E-state index is -0.658. The summed E-state index contributed by atoms with van der Waals surface area (Å²) < 4.78 is 19.1. The molecule has 298 valence electrons. The molecule has 0 aliphatic carbocycles. The van der Waals surface area contributed by atoms with Gasteiger partial charge >= 0.3 is 0 Å². The van der Waals surface area contributed by atoms with Gasteiger partial charge in [0.2, 0.25) is 11.9 Å². The summed E-state index contributed by atoms with van der Waals surface area (Å²) in [6, 6.07) is 11.2. The van der Waals surface area contributed by atoms with E-state index in [0.717, 1.165) is 61.1 Å². The largest absolute Gasteiger partial charge is 0.370 e. The third-order valence-corrected chi connectivity index (χ3v) is 12.3. The van der Waals surface area contributed by atoms with Crippen LogP contribution in [0.4, 0.5) is 21.6 Å². The molecule has 1 unspecified atom stereocenters. The normalized spacial score (nSPS) is 19.6. The Morgan fingerprint density at radius 1 is 0.897 bits per heavy atom. The molecular weight excluding hydrogens is 742 g/mol. The van der Waals surface area contributed by atoms with Crippen molar-refractivity contribution in [3.63, 3.8) is 0 Å². The van der Waals surface area contributed by atoms with Crippen molar-refractivity contribution in [1.29, 1.82) is 0 Å². The van der Waals surface area contributed by atoms with Gasteiger partial charge in [0.1, 0.15) is 35.4 Å². The van der Waals surface area contributed by atoms with Crippen LogP contribution in [0.2, 0.25) is 0 Å². The number of halogens is 1. The number of likely N-dealkylation sites (tertiary alicyclic amines) is 1. The number of piperidine rings is 4. The van der Waals surface area contributed by atoms with Crippen molar-refractivity contribution in [2.45, 2.75) is 69.7 Å². The lowest BCUT2D eigenvalue weighted by Crippen LogP contribution is -2.46. The summed E-state index contributed by atoms with van der Waals surface area (Å²) in [4.78, 5) is 60.5. The highest BCUT2D eigenvalue weighted by atomic mass is 19.1. The first-order chi connectivity index (χ1) is 28.4. The van der Waals surface area contributed by atoms with Crippen molar-refractivity contribution in [3.05, 3.63) is 83.6 Å². The maximum absolute atomic E-state index is 15.3. The number of carbonyl (C=O) groups is 2. The number of pyridine rings is 2. The van der Waals surface area contributed by atoms with E-state index in [-0.39, 0.29) is 40.7 Å². The van der Waals surface area contributed by atoms with Gasteiger partial charge in [-0.1, -0.05) is 6.07 Å². The van der Waals surface area contributed by atoms with E-state index in [1.165, 1.54) is 6.42 Å². The van der Waals surface area contributed by atoms with Gasteiger partial charge in [-0.15, -0.1) is 10.2 Å². The fourth-order valence-corrected chi connectivity index (χ4v) is 9.05. The van der Waals surface area contributed by atoms with Crippen molar-refractivity contribution < 1.29 is 23.6 Å². The number of hydrogen-bond donors (Lipinski definition) is 2. The summed E-state index contributed by atoms with van der Waals surface area (Å²) in [5, 5.41) is 20.0. The standard InChI is InChI=1S/C42H44FN11O4/c43-39-32(31-7-6-29(24-55)45-36(31)25-56)8-9-38(47-39)51-17-10-27(11-18-51)42(58)52-19-12-30(13-20-52)54-23-28-21-35(37(22-34(28)49-54)50-14-2-1-3-15-50)46-41(57)33-5-4-16-53-26-44-48-40(33)53/h4-5,8-9,16,21-23,26-27,30-31,45H,1-3,6-7,10-15,17-20H2,(H,46,57). The molecule has 4 aromatic heterocycles. The molecular formula is C42H44FN11O4. The van der Waals surface area contributed by atoms with Crippen LogP contribution in [0.5, 0.6) is 0 Å². The first kappa shape index (κ1) is 37.2. The highest BCUT2D eigenvalue weighted by molar-refractivity contribution is 6.10. The fourth-order valence-electron chi connectivity index (χ4n) is 9.05. The summed E-state index contributed by atoms with van der Waals surface area (Å²) in [7, 11) is 0. The van der Waals surface area contributed by atoms with Gasteiger partial charge in [-0.2, -0.15) is 9.49 Å². The predicted octanol–water partition coefficient (Wildman–Crippen LogP) is 4.83. The Balaban J connectivity index is 0.830. The van der Waals surface area contributed by atoms with E-state index >= 15 is 4.39 Å². The van der Waals surface area contributed by atoms with Crippen molar-refractivity contribution in [2.75, 3.05) is 54.4 Å². The van der Waals surface area contributed by atoms with Gasteiger partial charge in [0.15, 0.2) is 5.65 Å². The number of carbonyl (C=O) groups excluding carboxylic acids is 4. The van der Waals surface area contributed by atoms with Crippen LogP contribution in [-0.2, 0) is 14.4 Å². The van der Waals surface area contributed by atoms with Gasteiger partial charge in [-0.25, -0.2) is 14.6 Å². The molecule has 2 N–H and O–H groups in total. The van der Waals surface area contributed by atoms with E-state index in [0.29, 0.717) is 68.9 Å². The number of hydrogen-bond acceptors (Lipinski definition) is 11. The zero-order valence-corrected chi connectivity index (χ0v) is 32.1. The van der Waals surface area contributed by atoms with Gasteiger partial charge < -0.3 is 25.3 Å². The molecule has 0 saturated carbocycles. The maximum atomic E-state index is 15.3. The van der Waals surface area contributed by atoms with Gasteiger partial charge in [0.25, 0.3) is 5.91 Å². The summed E-state index contributed by atoms with van der Waals surface area (Å²) in [6.07, 6.45) is 12.4. The second-order valence-electron chi connectivity index (χ2n) is 15.7. The average Bonchev–Trinajstić information content (AvgIpc) is 3.93. The number of benzene rings is 1. The van der Waals surface area contributed by atoms with Crippen LogP contribution in [0.3, 0.4) is 0 Å². The van der Waals surface area contributed by atoms with Gasteiger partial charge in [-0.05, 0) is 88.1 Å². The lowest BCUT2D eigenvalue weighted by molar-refractivity contribution is -0.137. The average molecular weight is 786 g/mol. The Hall–Kier alpha value is -6.37. The molecule has 1 atom stereocenters. The van der Waals surface area contributed by atoms with Crippen LogP contribution in [0.25, 0.3) is 16.6 Å². The predicted molar refractivity (Wildman–Crippen MR) is 214 cm³/mol.